The van der Waals surface area contributed by atoms with Crippen molar-refractivity contribution in [3.8, 4) is 0 Å². The fourth-order valence-corrected chi connectivity index (χ4v) is 2.95. The molecule has 9 nitrogen and oxygen atoms in total. The van der Waals surface area contributed by atoms with Crippen LogP contribution in [-0.2, 0) is 16.0 Å². The van der Waals surface area contributed by atoms with Crippen LogP contribution >= 0.6 is 0 Å². The first-order valence-corrected chi connectivity index (χ1v) is 9.59. The third kappa shape index (κ3) is 5.77. The minimum absolute atomic E-state index is 0.156. The number of aliphatic imine (C=N–C) groups is 1. The van der Waals surface area contributed by atoms with Crippen molar-refractivity contribution in [1.29, 1.82) is 0 Å². The van der Waals surface area contributed by atoms with E-state index in [0.29, 0.717) is 23.9 Å². The highest BCUT2D eigenvalue weighted by molar-refractivity contribution is 5.88. The number of nitrogens with two attached hydrogens (primary N) is 1. The van der Waals surface area contributed by atoms with Gasteiger partial charge in [-0.1, -0.05) is 12.1 Å². The molecule has 0 saturated heterocycles. The summed E-state index contributed by atoms with van der Waals surface area (Å²) in [5, 5.41) is 12.4. The molecule has 0 aliphatic carbocycles. The number of nitrogens with zero attached hydrogens (tertiary/aromatic N) is 4. The van der Waals surface area contributed by atoms with Gasteiger partial charge in [-0.2, -0.15) is 0 Å². The number of amidine groups is 1. The monoisotopic (exact) mass is 412 g/mol. The fraction of sp³-hybridized carbons (Fsp3) is 0.333. The van der Waals surface area contributed by atoms with Gasteiger partial charge in [-0.05, 0) is 36.8 Å². The summed E-state index contributed by atoms with van der Waals surface area (Å²) in [4.78, 5) is 34.7. The van der Waals surface area contributed by atoms with E-state index in [4.69, 9.17) is 5.73 Å². The SMILES string of the molecule is CCN=C(CN)NC(Cc1ccc(N(C)c2ncccc2N(C)C=O)cc1)C(=O)O. The molecule has 2 rings (SSSR count). The van der Waals surface area contributed by atoms with Crippen molar-refractivity contribution < 1.29 is 14.7 Å². The van der Waals surface area contributed by atoms with E-state index in [1.165, 1.54) is 4.90 Å². The number of amides is 1. The molecule has 30 heavy (non-hydrogen) atoms. The van der Waals surface area contributed by atoms with Crippen LogP contribution in [0.2, 0.25) is 0 Å². The third-order valence-electron chi connectivity index (χ3n) is 4.57. The van der Waals surface area contributed by atoms with Crippen molar-refractivity contribution in [2.45, 2.75) is 19.4 Å². The number of carbonyl (C=O) groups excluding carboxylic acids is 1. The lowest BCUT2D eigenvalue weighted by atomic mass is 10.1. The maximum absolute atomic E-state index is 11.6. The van der Waals surface area contributed by atoms with Crippen LogP contribution in [0.5, 0.6) is 0 Å². The Morgan fingerprint density at radius 3 is 2.57 bits per heavy atom. The van der Waals surface area contributed by atoms with Crippen molar-refractivity contribution in [3.63, 3.8) is 0 Å². The smallest absolute Gasteiger partial charge is 0.326 e. The average molecular weight is 412 g/mol. The van der Waals surface area contributed by atoms with Crippen LogP contribution in [0.25, 0.3) is 0 Å². The second-order valence-electron chi connectivity index (χ2n) is 6.65. The molecule has 1 aromatic heterocycles. The molecule has 0 fully saturated rings. The van der Waals surface area contributed by atoms with Crippen LogP contribution in [0.1, 0.15) is 12.5 Å². The van der Waals surface area contributed by atoms with Gasteiger partial charge in [0.15, 0.2) is 5.82 Å². The number of pyridine rings is 1. The molecule has 1 atom stereocenters. The van der Waals surface area contributed by atoms with Gasteiger partial charge in [0.05, 0.1) is 12.2 Å². The molecule has 1 unspecified atom stereocenters. The standard InChI is InChI=1S/C21H28N6O3/c1-4-23-19(13-22)25-17(21(29)30)12-15-7-9-16(10-8-15)27(3)20-18(26(2)14-28)6-5-11-24-20/h5-11,14,17H,4,12-13,22H2,1-3H3,(H,23,25)(H,29,30). The zero-order valence-electron chi connectivity index (χ0n) is 17.4. The summed E-state index contributed by atoms with van der Waals surface area (Å²) in [5.74, 6) is 0.139. The molecular formula is C21H28N6O3. The minimum atomic E-state index is -0.969. The summed E-state index contributed by atoms with van der Waals surface area (Å²) in [6, 6.07) is 10.3. The molecule has 0 saturated carbocycles. The summed E-state index contributed by atoms with van der Waals surface area (Å²) in [5.41, 5.74) is 8.02. The molecule has 0 bridgehead atoms. The van der Waals surface area contributed by atoms with E-state index >= 15 is 0 Å². The van der Waals surface area contributed by atoms with Crippen molar-refractivity contribution in [3.05, 3.63) is 48.2 Å². The number of hydrogen-bond donors (Lipinski definition) is 3. The highest BCUT2D eigenvalue weighted by Gasteiger charge is 2.19. The first-order valence-electron chi connectivity index (χ1n) is 9.59. The van der Waals surface area contributed by atoms with E-state index in [2.05, 4.69) is 15.3 Å². The molecule has 1 heterocycles. The fourth-order valence-electron chi connectivity index (χ4n) is 2.95. The Bertz CT molecular complexity index is 885. The van der Waals surface area contributed by atoms with E-state index in [-0.39, 0.29) is 13.0 Å². The van der Waals surface area contributed by atoms with Crippen LogP contribution in [0.3, 0.4) is 0 Å². The molecular weight excluding hydrogens is 384 g/mol. The number of hydrogen-bond acceptors (Lipinski definition) is 6. The number of carbonyl (C=O) groups is 2. The van der Waals surface area contributed by atoms with Gasteiger partial charge in [-0.25, -0.2) is 9.78 Å². The molecule has 1 aromatic carbocycles. The summed E-state index contributed by atoms with van der Waals surface area (Å²) in [6.45, 7) is 2.55. The van der Waals surface area contributed by atoms with Crippen molar-refractivity contribution in [2.24, 2.45) is 10.7 Å². The second-order valence-corrected chi connectivity index (χ2v) is 6.65. The van der Waals surface area contributed by atoms with Gasteiger partial charge in [0.1, 0.15) is 11.9 Å². The Labute approximate surface area is 176 Å². The number of carboxylic acid groups (broad SMARTS) is 1. The zero-order chi connectivity index (χ0) is 22.1. The van der Waals surface area contributed by atoms with Crippen LogP contribution in [0.15, 0.2) is 47.6 Å². The molecule has 1 amide bonds. The summed E-state index contributed by atoms with van der Waals surface area (Å²) in [6.07, 6.45) is 2.68. The van der Waals surface area contributed by atoms with Crippen molar-refractivity contribution in [2.75, 3.05) is 37.0 Å². The van der Waals surface area contributed by atoms with Gasteiger partial charge >= 0.3 is 5.97 Å². The van der Waals surface area contributed by atoms with Gasteiger partial charge in [0, 0.05) is 38.9 Å². The number of benzene rings is 1. The lowest BCUT2D eigenvalue weighted by Crippen LogP contribution is -2.45. The Kier molecular flexibility index (Phi) is 8.30. The molecule has 0 radical (unpaired) electrons. The van der Waals surface area contributed by atoms with E-state index in [9.17, 15) is 14.7 Å². The van der Waals surface area contributed by atoms with Gasteiger partial charge in [-0.15, -0.1) is 0 Å². The first kappa shape index (κ1) is 22.8. The lowest BCUT2D eigenvalue weighted by Gasteiger charge is -2.24. The molecule has 0 aliphatic rings. The first-order chi connectivity index (χ1) is 14.4. The normalized spacial score (nSPS) is 12.2. The van der Waals surface area contributed by atoms with E-state index < -0.39 is 12.0 Å². The Balaban J connectivity index is 2.19. The number of aromatic nitrogens is 1. The quantitative estimate of drug-likeness (QED) is 0.306. The summed E-state index contributed by atoms with van der Waals surface area (Å²) >= 11 is 0. The van der Waals surface area contributed by atoms with Crippen LogP contribution in [0.4, 0.5) is 17.2 Å². The molecule has 160 valence electrons. The summed E-state index contributed by atoms with van der Waals surface area (Å²) < 4.78 is 0. The molecule has 0 aliphatic heterocycles. The number of rotatable bonds is 10. The van der Waals surface area contributed by atoms with Crippen LogP contribution in [0, 0.1) is 0 Å². The lowest BCUT2D eigenvalue weighted by molar-refractivity contribution is -0.139. The number of anilines is 3. The van der Waals surface area contributed by atoms with E-state index in [1.807, 2.05) is 49.2 Å². The summed E-state index contributed by atoms with van der Waals surface area (Å²) in [7, 11) is 3.52. The van der Waals surface area contributed by atoms with Gasteiger partial charge in [0.2, 0.25) is 6.41 Å². The minimum Gasteiger partial charge on any atom is -0.480 e. The highest BCUT2D eigenvalue weighted by Crippen LogP contribution is 2.30. The third-order valence-corrected chi connectivity index (χ3v) is 4.57. The maximum Gasteiger partial charge on any atom is 0.326 e. The largest absolute Gasteiger partial charge is 0.480 e. The zero-order valence-corrected chi connectivity index (χ0v) is 17.4. The molecule has 0 spiro atoms. The van der Waals surface area contributed by atoms with Gasteiger partial charge in [-0.3, -0.25) is 9.79 Å². The number of aliphatic carboxylic acids is 1. The Morgan fingerprint density at radius 1 is 1.30 bits per heavy atom. The predicted octanol–water partition coefficient (Wildman–Crippen LogP) is 1.40. The van der Waals surface area contributed by atoms with Crippen molar-refractivity contribution >= 4 is 35.4 Å². The topological polar surface area (TPSA) is 124 Å². The number of carboxylic acids is 1. The molecule has 2 aromatic rings. The van der Waals surface area contributed by atoms with E-state index in [0.717, 1.165) is 17.7 Å². The Hall–Kier alpha value is -3.46. The van der Waals surface area contributed by atoms with Crippen LogP contribution in [-0.4, -0.2) is 61.5 Å². The van der Waals surface area contributed by atoms with Gasteiger partial charge < -0.3 is 26.0 Å². The maximum atomic E-state index is 11.6. The Morgan fingerprint density at radius 2 is 2.00 bits per heavy atom. The van der Waals surface area contributed by atoms with E-state index in [1.54, 1.807) is 19.3 Å². The highest BCUT2D eigenvalue weighted by atomic mass is 16.4. The number of nitrogens with one attached hydrogen (secondary N) is 1. The molecule has 9 heteroatoms. The van der Waals surface area contributed by atoms with Crippen molar-refractivity contribution in [1.82, 2.24) is 10.3 Å². The predicted molar refractivity (Wildman–Crippen MR) is 119 cm³/mol. The average Bonchev–Trinajstić information content (AvgIpc) is 2.77. The second kappa shape index (κ2) is 10.9. The van der Waals surface area contributed by atoms with Crippen LogP contribution < -0.4 is 20.9 Å². The van der Waals surface area contributed by atoms with Gasteiger partial charge in [0.25, 0.3) is 0 Å². The molecule has 4 N–H and O–H groups in total.